The van der Waals surface area contributed by atoms with Gasteiger partial charge in [0.25, 0.3) is 0 Å². The quantitative estimate of drug-likeness (QED) is 0.922. The van der Waals surface area contributed by atoms with Crippen LogP contribution in [-0.2, 0) is 6.42 Å². The Hall–Kier alpha value is -1.68. The minimum atomic E-state index is -0.371. The highest BCUT2D eigenvalue weighted by Gasteiger charge is 2.10. The van der Waals surface area contributed by atoms with E-state index in [9.17, 15) is 4.39 Å². The molecule has 0 aliphatic rings. The number of nitrogens with one attached hydrogen (secondary N) is 1. The largest absolute Gasteiger partial charge is 0.373 e. The van der Waals surface area contributed by atoms with Crippen LogP contribution in [-0.4, -0.2) is 17.0 Å². The van der Waals surface area contributed by atoms with Gasteiger partial charge in [0.15, 0.2) is 5.82 Å². The van der Waals surface area contributed by atoms with Crippen molar-refractivity contribution in [1.29, 1.82) is 0 Å². The van der Waals surface area contributed by atoms with Crippen LogP contribution in [0.2, 0.25) is 5.02 Å². The maximum absolute atomic E-state index is 13.0. The lowest BCUT2D eigenvalue weighted by Gasteiger charge is -2.08. The molecule has 94 valence electrons. The van der Waals surface area contributed by atoms with Crippen LogP contribution < -0.4 is 5.32 Å². The summed E-state index contributed by atoms with van der Waals surface area (Å²) in [6.45, 7) is 2.01. The number of hydrogen-bond acceptors (Lipinski definition) is 3. The number of hydrogen-bond donors (Lipinski definition) is 1. The number of aryl methyl sites for hydroxylation is 1. The minimum Gasteiger partial charge on any atom is -0.373 e. The standard InChI is InChI=1S/C13H13ClFN3/c1-3-9-7-12(16-2)18-13(17-9)10-5-4-8(15)6-11(10)14/h4-7H,3H2,1-2H3,(H,16,17,18). The number of benzene rings is 1. The van der Waals surface area contributed by atoms with Crippen molar-refractivity contribution in [2.45, 2.75) is 13.3 Å². The van der Waals surface area contributed by atoms with Crippen LogP contribution >= 0.6 is 11.6 Å². The summed E-state index contributed by atoms with van der Waals surface area (Å²) in [5.74, 6) is 0.852. The summed E-state index contributed by atoms with van der Waals surface area (Å²) < 4.78 is 13.0. The highest BCUT2D eigenvalue weighted by molar-refractivity contribution is 6.33. The SMILES string of the molecule is CCc1cc(NC)nc(-c2ccc(F)cc2Cl)n1. The van der Waals surface area contributed by atoms with Gasteiger partial charge in [-0.1, -0.05) is 18.5 Å². The van der Waals surface area contributed by atoms with Crippen LogP contribution in [0.25, 0.3) is 11.4 Å². The Labute approximate surface area is 110 Å². The Balaban J connectivity index is 2.55. The zero-order valence-electron chi connectivity index (χ0n) is 10.2. The molecule has 0 aliphatic heterocycles. The Bertz CT molecular complexity index is 550. The molecule has 0 fully saturated rings. The molecule has 1 heterocycles. The van der Waals surface area contributed by atoms with Crippen LogP contribution in [0.5, 0.6) is 0 Å². The number of aromatic nitrogens is 2. The second-order valence-electron chi connectivity index (χ2n) is 3.80. The summed E-state index contributed by atoms with van der Waals surface area (Å²) in [5, 5.41) is 3.28. The predicted molar refractivity (Wildman–Crippen MR) is 71.4 cm³/mol. The first-order valence-corrected chi connectivity index (χ1v) is 6.03. The fraction of sp³-hybridized carbons (Fsp3) is 0.231. The Kier molecular flexibility index (Phi) is 3.77. The van der Waals surface area contributed by atoms with Gasteiger partial charge in [0.2, 0.25) is 0 Å². The zero-order valence-corrected chi connectivity index (χ0v) is 10.9. The van der Waals surface area contributed by atoms with E-state index < -0.39 is 0 Å². The van der Waals surface area contributed by atoms with Crippen LogP contribution in [0.15, 0.2) is 24.3 Å². The van der Waals surface area contributed by atoms with Crippen molar-refractivity contribution in [3.05, 3.63) is 40.8 Å². The summed E-state index contributed by atoms with van der Waals surface area (Å²) in [7, 11) is 1.79. The van der Waals surface area contributed by atoms with Crippen molar-refractivity contribution < 1.29 is 4.39 Å². The fourth-order valence-electron chi connectivity index (χ4n) is 1.60. The van der Waals surface area contributed by atoms with Gasteiger partial charge in [-0.2, -0.15) is 0 Å². The topological polar surface area (TPSA) is 37.8 Å². The first-order valence-electron chi connectivity index (χ1n) is 5.65. The van der Waals surface area contributed by atoms with Crippen LogP contribution in [0.1, 0.15) is 12.6 Å². The van der Waals surface area contributed by atoms with Gasteiger partial charge >= 0.3 is 0 Å². The molecule has 0 bridgehead atoms. The molecular weight excluding hydrogens is 253 g/mol. The average Bonchev–Trinajstić information content (AvgIpc) is 2.38. The van der Waals surface area contributed by atoms with E-state index in [4.69, 9.17) is 11.6 Å². The lowest BCUT2D eigenvalue weighted by molar-refractivity contribution is 0.628. The maximum Gasteiger partial charge on any atom is 0.163 e. The smallest absolute Gasteiger partial charge is 0.163 e. The molecule has 1 N–H and O–H groups in total. The van der Waals surface area contributed by atoms with Crippen LogP contribution in [0.3, 0.4) is 0 Å². The normalized spacial score (nSPS) is 10.4. The van der Waals surface area contributed by atoms with Crippen molar-refractivity contribution in [3.8, 4) is 11.4 Å². The Morgan fingerprint density at radius 1 is 1.28 bits per heavy atom. The molecule has 0 spiro atoms. The average molecular weight is 266 g/mol. The molecular formula is C13H13ClFN3. The summed E-state index contributed by atoms with van der Waals surface area (Å²) in [6, 6.07) is 6.08. The number of halogens is 2. The molecule has 1 aromatic carbocycles. The lowest BCUT2D eigenvalue weighted by atomic mass is 10.2. The third-order valence-electron chi connectivity index (χ3n) is 2.57. The van der Waals surface area contributed by atoms with Crippen molar-refractivity contribution >= 4 is 17.4 Å². The molecule has 1 aromatic heterocycles. The molecule has 18 heavy (non-hydrogen) atoms. The molecule has 0 atom stereocenters. The van der Waals surface area contributed by atoms with E-state index >= 15 is 0 Å². The summed E-state index contributed by atoms with van der Waals surface area (Å²) in [5.41, 5.74) is 1.54. The van der Waals surface area contributed by atoms with Crippen molar-refractivity contribution in [3.63, 3.8) is 0 Å². The van der Waals surface area contributed by atoms with Gasteiger partial charge < -0.3 is 5.32 Å². The molecule has 0 saturated heterocycles. The van der Waals surface area contributed by atoms with Gasteiger partial charge in [-0.3, -0.25) is 0 Å². The minimum absolute atomic E-state index is 0.310. The second kappa shape index (κ2) is 5.31. The molecule has 0 amide bonds. The monoisotopic (exact) mass is 265 g/mol. The van der Waals surface area contributed by atoms with Crippen LogP contribution in [0, 0.1) is 5.82 Å². The van der Waals surface area contributed by atoms with Crippen molar-refractivity contribution in [2.24, 2.45) is 0 Å². The summed E-state index contributed by atoms with van der Waals surface area (Å²) in [4.78, 5) is 8.73. The second-order valence-corrected chi connectivity index (χ2v) is 4.20. The first kappa shape index (κ1) is 12.8. The number of nitrogens with zero attached hydrogens (tertiary/aromatic N) is 2. The lowest BCUT2D eigenvalue weighted by Crippen LogP contribution is -2.00. The van der Waals surface area contributed by atoms with Gasteiger partial charge in [-0.25, -0.2) is 14.4 Å². The van der Waals surface area contributed by atoms with Crippen molar-refractivity contribution in [1.82, 2.24) is 9.97 Å². The molecule has 0 radical (unpaired) electrons. The Morgan fingerprint density at radius 2 is 2.06 bits per heavy atom. The molecule has 0 unspecified atom stereocenters. The molecule has 2 aromatic rings. The molecule has 3 nitrogen and oxygen atoms in total. The number of anilines is 1. The summed E-state index contributed by atoms with van der Waals surface area (Å²) in [6.07, 6.45) is 0.795. The maximum atomic E-state index is 13.0. The number of rotatable bonds is 3. The molecule has 5 heteroatoms. The van der Waals surface area contributed by atoms with Crippen LogP contribution in [0.4, 0.5) is 10.2 Å². The zero-order chi connectivity index (χ0) is 13.1. The highest BCUT2D eigenvalue weighted by atomic mass is 35.5. The highest BCUT2D eigenvalue weighted by Crippen LogP contribution is 2.27. The van der Waals surface area contributed by atoms with E-state index in [1.165, 1.54) is 12.1 Å². The summed E-state index contributed by atoms with van der Waals surface area (Å²) >= 11 is 6.01. The van der Waals surface area contributed by atoms with E-state index in [2.05, 4.69) is 15.3 Å². The van der Waals surface area contributed by atoms with Crippen molar-refractivity contribution in [2.75, 3.05) is 12.4 Å². The fourth-order valence-corrected chi connectivity index (χ4v) is 1.85. The van der Waals surface area contributed by atoms with Gasteiger partial charge in [0.1, 0.15) is 11.6 Å². The predicted octanol–water partition coefficient (Wildman–Crippen LogP) is 3.54. The van der Waals surface area contributed by atoms with E-state index in [-0.39, 0.29) is 5.82 Å². The van der Waals surface area contributed by atoms with Gasteiger partial charge in [0, 0.05) is 24.4 Å². The third-order valence-corrected chi connectivity index (χ3v) is 2.88. The van der Waals surface area contributed by atoms with E-state index in [1.54, 1.807) is 13.1 Å². The van der Waals surface area contributed by atoms with Gasteiger partial charge in [0.05, 0.1) is 5.02 Å². The molecule has 0 aliphatic carbocycles. The van der Waals surface area contributed by atoms with E-state index in [1.807, 2.05) is 13.0 Å². The first-order chi connectivity index (χ1) is 8.63. The van der Waals surface area contributed by atoms with E-state index in [0.29, 0.717) is 16.4 Å². The molecule has 0 saturated carbocycles. The van der Waals surface area contributed by atoms with Gasteiger partial charge in [-0.15, -0.1) is 0 Å². The Morgan fingerprint density at radius 3 is 2.67 bits per heavy atom. The van der Waals surface area contributed by atoms with Gasteiger partial charge in [-0.05, 0) is 24.6 Å². The third kappa shape index (κ3) is 2.59. The molecule has 2 rings (SSSR count). The van der Waals surface area contributed by atoms with E-state index in [0.717, 1.165) is 17.9 Å².